The number of amidine groups is 1. The molecule has 0 saturated heterocycles. The van der Waals surface area contributed by atoms with Crippen molar-refractivity contribution in [2.24, 2.45) is 5.73 Å². The fraction of sp³-hybridized carbons (Fsp3) is 0.235. The summed E-state index contributed by atoms with van der Waals surface area (Å²) in [4.78, 5) is -0.0849. The van der Waals surface area contributed by atoms with E-state index in [-0.39, 0.29) is 15.7 Å². The molecule has 0 fully saturated rings. The highest BCUT2D eigenvalue weighted by Gasteiger charge is 2.20. The molecule has 2 aromatic carbocycles. The largest absolute Gasteiger partial charge is 0.493 e. The van der Waals surface area contributed by atoms with Crippen LogP contribution < -0.4 is 20.1 Å². The molecule has 4 N–H and O–H groups in total. The second-order valence-electron chi connectivity index (χ2n) is 5.40. The van der Waals surface area contributed by atoms with E-state index in [0.717, 1.165) is 17.7 Å². The Labute approximate surface area is 162 Å². The van der Waals surface area contributed by atoms with Crippen LogP contribution in [0, 0.1) is 6.92 Å². The zero-order chi connectivity index (χ0) is 19.2. The number of ether oxygens (including phenoxy) is 1. The van der Waals surface area contributed by atoms with Crippen LogP contribution in [0.25, 0.3) is 0 Å². The molecule has 0 aliphatic heterocycles. The first-order valence-electron chi connectivity index (χ1n) is 7.72. The van der Waals surface area contributed by atoms with Crippen molar-refractivity contribution < 1.29 is 22.7 Å². The molecule has 0 amide bonds. The van der Waals surface area contributed by atoms with Crippen molar-refractivity contribution in [2.75, 3.05) is 12.4 Å². The van der Waals surface area contributed by atoms with Gasteiger partial charge in [0.15, 0.2) is 0 Å². The Kier molecular flexibility index (Phi) is 7.19. The molecular formula is C17H20ClN2O4S2+. The van der Waals surface area contributed by atoms with Crippen LogP contribution in [-0.4, -0.2) is 25.9 Å². The Morgan fingerprint density at radius 1 is 1.23 bits per heavy atom. The summed E-state index contributed by atoms with van der Waals surface area (Å²) in [6.07, 6.45) is 0.741. The molecule has 2 rings (SSSR count). The maximum absolute atomic E-state index is 12.4. The number of nitrogens with two attached hydrogens (primary N) is 2. The van der Waals surface area contributed by atoms with E-state index < -0.39 is 10.1 Å². The number of hydrogen-bond acceptors (Lipinski definition) is 5. The minimum absolute atomic E-state index is 0.0849. The van der Waals surface area contributed by atoms with Gasteiger partial charge in [0.1, 0.15) is 16.4 Å². The quantitative estimate of drug-likeness (QED) is 0.296. The lowest BCUT2D eigenvalue weighted by Crippen LogP contribution is -2.43. The smallest absolute Gasteiger partial charge is 0.340 e. The summed E-state index contributed by atoms with van der Waals surface area (Å²) in [6, 6.07) is 11.0. The van der Waals surface area contributed by atoms with E-state index in [0.29, 0.717) is 17.5 Å². The van der Waals surface area contributed by atoms with E-state index in [1.54, 1.807) is 24.3 Å². The predicted octanol–water partition coefficient (Wildman–Crippen LogP) is 1.99. The zero-order valence-electron chi connectivity index (χ0n) is 14.1. The summed E-state index contributed by atoms with van der Waals surface area (Å²) in [5, 5.41) is 5.80. The van der Waals surface area contributed by atoms with E-state index in [9.17, 15) is 8.42 Å². The summed E-state index contributed by atoms with van der Waals surface area (Å²) in [5.74, 6) is 1.41. The normalized spacial score (nSPS) is 11.2. The lowest BCUT2D eigenvalue weighted by molar-refractivity contribution is -0.110. The van der Waals surface area contributed by atoms with Crippen LogP contribution in [0.3, 0.4) is 0 Å². The third kappa shape index (κ3) is 6.12. The van der Waals surface area contributed by atoms with Crippen molar-refractivity contribution in [3.05, 3.63) is 53.1 Å². The average Bonchev–Trinajstić information content (AvgIpc) is 2.53. The number of thioether (sulfide) groups is 1. The molecule has 9 heteroatoms. The van der Waals surface area contributed by atoms with Crippen molar-refractivity contribution in [3.8, 4) is 11.5 Å². The van der Waals surface area contributed by atoms with Crippen molar-refractivity contribution in [1.82, 2.24) is 0 Å². The third-order valence-corrected chi connectivity index (χ3v) is 5.74. The monoisotopic (exact) mass is 415 g/mol. The molecule has 0 bridgehead atoms. The second kappa shape index (κ2) is 9.16. The van der Waals surface area contributed by atoms with Gasteiger partial charge in [0, 0.05) is 11.8 Å². The molecule has 26 heavy (non-hydrogen) atoms. The number of hydrogen-bond donors (Lipinski definition) is 2. The van der Waals surface area contributed by atoms with Crippen molar-refractivity contribution >= 4 is 38.6 Å². The topological polar surface area (TPSA) is 104 Å². The molecule has 0 aliphatic rings. The molecule has 0 saturated carbocycles. The number of benzene rings is 2. The van der Waals surface area contributed by atoms with Crippen LogP contribution in [0.1, 0.15) is 12.0 Å². The summed E-state index contributed by atoms with van der Waals surface area (Å²) < 4.78 is 35.7. The molecule has 140 valence electrons. The van der Waals surface area contributed by atoms with E-state index in [1.807, 2.05) is 6.92 Å². The second-order valence-corrected chi connectivity index (χ2v) is 8.49. The Morgan fingerprint density at radius 3 is 2.62 bits per heavy atom. The summed E-state index contributed by atoms with van der Waals surface area (Å²) in [5.41, 5.74) is 6.18. The molecule has 0 spiro atoms. The average molecular weight is 416 g/mol. The van der Waals surface area contributed by atoms with Gasteiger partial charge in [0.25, 0.3) is 5.17 Å². The molecule has 2 aromatic rings. The van der Waals surface area contributed by atoms with Gasteiger partial charge in [0.2, 0.25) is 0 Å². The van der Waals surface area contributed by atoms with Gasteiger partial charge in [-0.25, -0.2) is 0 Å². The highest BCUT2D eigenvalue weighted by molar-refractivity contribution is 8.13. The van der Waals surface area contributed by atoms with Gasteiger partial charge >= 0.3 is 10.1 Å². The third-order valence-electron chi connectivity index (χ3n) is 3.16. The minimum Gasteiger partial charge on any atom is -0.493 e. The maximum Gasteiger partial charge on any atom is 0.340 e. The van der Waals surface area contributed by atoms with Crippen molar-refractivity contribution in [1.29, 1.82) is 0 Å². The van der Waals surface area contributed by atoms with Gasteiger partial charge in [-0.2, -0.15) is 8.42 Å². The number of rotatable bonds is 8. The van der Waals surface area contributed by atoms with Crippen LogP contribution in [-0.2, 0) is 10.1 Å². The molecular weight excluding hydrogens is 396 g/mol. The molecule has 0 unspecified atom stereocenters. The molecule has 6 nitrogen and oxygen atoms in total. The fourth-order valence-corrected chi connectivity index (χ4v) is 4.01. The lowest BCUT2D eigenvalue weighted by Gasteiger charge is -2.11. The maximum atomic E-state index is 12.4. The first-order chi connectivity index (χ1) is 12.3. The minimum atomic E-state index is -4.04. The van der Waals surface area contributed by atoms with Crippen LogP contribution in [0.5, 0.6) is 11.5 Å². The van der Waals surface area contributed by atoms with E-state index in [1.165, 1.54) is 30.0 Å². The van der Waals surface area contributed by atoms with Gasteiger partial charge in [0.05, 0.1) is 11.6 Å². The van der Waals surface area contributed by atoms with Crippen LogP contribution >= 0.6 is 23.4 Å². The zero-order valence-corrected chi connectivity index (χ0v) is 16.5. The van der Waals surface area contributed by atoms with Gasteiger partial charge in [-0.1, -0.05) is 23.7 Å². The Hall–Kier alpha value is -1.90. The highest BCUT2D eigenvalue weighted by Crippen LogP contribution is 2.28. The Bertz CT molecular complexity index is 888. The highest BCUT2D eigenvalue weighted by atomic mass is 35.5. The van der Waals surface area contributed by atoms with Gasteiger partial charge in [-0.05, 0) is 54.9 Å². The summed E-state index contributed by atoms with van der Waals surface area (Å²) >= 11 is 7.31. The summed E-state index contributed by atoms with van der Waals surface area (Å²) in [6.45, 7) is 2.27. The van der Waals surface area contributed by atoms with Crippen LogP contribution in [0.15, 0.2) is 47.4 Å². The SMILES string of the molecule is Cc1cc(OCCCSC(N)=[NH2+])cc(OS(=O)(=O)c2ccccc2Cl)c1. The predicted molar refractivity (Wildman–Crippen MR) is 104 cm³/mol. The van der Waals surface area contributed by atoms with Crippen LogP contribution in [0.2, 0.25) is 5.02 Å². The Balaban J connectivity index is 2.07. The number of halogens is 1. The molecule has 0 heterocycles. The lowest BCUT2D eigenvalue weighted by atomic mass is 10.2. The first-order valence-corrected chi connectivity index (χ1v) is 10.5. The fourth-order valence-electron chi connectivity index (χ4n) is 2.10. The first kappa shape index (κ1) is 20.4. The molecule has 0 aromatic heterocycles. The van der Waals surface area contributed by atoms with Gasteiger partial charge in [-0.3, -0.25) is 11.1 Å². The van der Waals surface area contributed by atoms with Gasteiger partial charge in [-0.15, -0.1) is 0 Å². The molecule has 0 radical (unpaired) electrons. The van der Waals surface area contributed by atoms with E-state index in [4.69, 9.17) is 31.7 Å². The number of aryl methyl sites for hydroxylation is 1. The molecule has 0 atom stereocenters. The van der Waals surface area contributed by atoms with Gasteiger partial charge < -0.3 is 8.92 Å². The standard InChI is InChI=1S/C17H19ClN2O4S2/c1-12-9-13(23-7-4-8-25-17(19)20)11-14(10-12)24-26(21,22)16-6-3-2-5-15(16)18/h2-3,5-6,9-11H,4,7-8H2,1H3,(H3,19,20)/p+1. The summed E-state index contributed by atoms with van der Waals surface area (Å²) in [7, 11) is -4.04. The van der Waals surface area contributed by atoms with E-state index >= 15 is 0 Å². The molecule has 0 aliphatic carbocycles. The van der Waals surface area contributed by atoms with Crippen molar-refractivity contribution in [3.63, 3.8) is 0 Å². The van der Waals surface area contributed by atoms with Crippen LogP contribution in [0.4, 0.5) is 0 Å². The van der Waals surface area contributed by atoms with E-state index in [2.05, 4.69) is 0 Å². The Morgan fingerprint density at radius 2 is 1.92 bits per heavy atom. The van der Waals surface area contributed by atoms with Crippen molar-refractivity contribution in [2.45, 2.75) is 18.2 Å².